The van der Waals surface area contributed by atoms with Crippen LogP contribution in [0.4, 0.5) is 16.2 Å². The van der Waals surface area contributed by atoms with Gasteiger partial charge in [-0.3, -0.25) is 0 Å². The van der Waals surface area contributed by atoms with Gasteiger partial charge in [0.2, 0.25) is 0 Å². The van der Waals surface area contributed by atoms with E-state index in [9.17, 15) is 4.79 Å². The Hall–Kier alpha value is -3.17. The second kappa shape index (κ2) is 6.13. The first-order valence-corrected chi connectivity index (χ1v) is 5.94. The summed E-state index contributed by atoms with van der Waals surface area (Å²) >= 11 is 0. The van der Waals surface area contributed by atoms with E-state index in [-0.39, 0.29) is 0 Å². The zero-order chi connectivity index (χ0) is 14.4. The predicted molar refractivity (Wildman–Crippen MR) is 81.4 cm³/mol. The summed E-state index contributed by atoms with van der Waals surface area (Å²) < 4.78 is 0. The number of hydrogen-bond donors (Lipinski definition) is 2. The number of carbonyl (C=O) groups excluding carboxylic acids is 1. The highest BCUT2D eigenvalue weighted by Crippen LogP contribution is 2.16. The van der Waals surface area contributed by atoms with E-state index in [2.05, 4.69) is 22.5 Å². The molecular weight excluding hydrogens is 248 g/mol. The van der Waals surface area contributed by atoms with E-state index in [0.29, 0.717) is 22.5 Å². The van der Waals surface area contributed by atoms with Crippen molar-refractivity contribution in [2.75, 3.05) is 10.6 Å². The molecule has 0 bridgehead atoms. The molecule has 0 spiro atoms. The third-order valence-corrected chi connectivity index (χ3v) is 2.66. The van der Waals surface area contributed by atoms with Gasteiger partial charge in [-0.2, -0.15) is 0 Å². The highest BCUT2D eigenvalue weighted by molar-refractivity contribution is 6.01. The van der Waals surface area contributed by atoms with Crippen LogP contribution in [0.1, 0.15) is 11.1 Å². The number of carbonyl (C=O) groups is 1. The van der Waals surface area contributed by atoms with Crippen LogP contribution in [0.3, 0.4) is 0 Å². The van der Waals surface area contributed by atoms with E-state index < -0.39 is 6.03 Å². The van der Waals surface area contributed by atoms with Gasteiger partial charge in [0.15, 0.2) is 0 Å². The summed E-state index contributed by atoms with van der Waals surface area (Å²) in [5.74, 6) is 5.03. The molecule has 0 aliphatic carbocycles. The molecule has 0 saturated carbocycles. The lowest BCUT2D eigenvalue weighted by Crippen LogP contribution is -2.20. The van der Waals surface area contributed by atoms with Crippen molar-refractivity contribution in [3.05, 3.63) is 59.7 Å². The first-order chi connectivity index (χ1) is 9.74. The minimum absolute atomic E-state index is 0.393. The van der Waals surface area contributed by atoms with Crippen LogP contribution in [0.25, 0.3) is 0 Å². The van der Waals surface area contributed by atoms with Crippen LogP contribution in [-0.2, 0) is 0 Å². The summed E-state index contributed by atoms with van der Waals surface area (Å²) in [6.45, 7) is 0. The molecule has 2 aromatic carbocycles. The van der Waals surface area contributed by atoms with Crippen LogP contribution in [0.5, 0.6) is 0 Å². The quantitative estimate of drug-likeness (QED) is 0.799. The Bertz CT molecular complexity index is 659. The lowest BCUT2D eigenvalue weighted by molar-refractivity contribution is 0.262. The second-order valence-corrected chi connectivity index (χ2v) is 3.96. The smallest absolute Gasteiger partial charge is 0.306 e. The first kappa shape index (κ1) is 13.3. The van der Waals surface area contributed by atoms with Crippen molar-refractivity contribution in [3.63, 3.8) is 0 Å². The molecule has 3 heteroatoms. The highest BCUT2D eigenvalue weighted by atomic mass is 16.2. The minimum Gasteiger partial charge on any atom is -0.306 e. The summed E-state index contributed by atoms with van der Waals surface area (Å²) in [6.07, 6.45) is 10.8. The van der Waals surface area contributed by atoms with E-state index in [1.54, 1.807) is 36.4 Å². The number of terminal acetylenes is 2. The summed E-state index contributed by atoms with van der Waals surface area (Å²) in [7, 11) is 0. The molecule has 3 nitrogen and oxygen atoms in total. The summed E-state index contributed by atoms with van der Waals surface area (Å²) in [6, 6.07) is 13.8. The van der Waals surface area contributed by atoms with Crippen molar-refractivity contribution >= 4 is 17.4 Å². The van der Waals surface area contributed by atoms with Gasteiger partial charge in [0.25, 0.3) is 0 Å². The fourth-order valence-electron chi connectivity index (χ4n) is 1.71. The SMILES string of the molecule is C#Cc1ccccc1NC(=O)Nc1ccccc1C#C. The zero-order valence-corrected chi connectivity index (χ0v) is 10.7. The Labute approximate surface area is 118 Å². The highest BCUT2D eigenvalue weighted by Gasteiger charge is 2.07. The number of anilines is 2. The Balaban J connectivity index is 2.14. The molecule has 0 aromatic heterocycles. The minimum atomic E-state index is -0.393. The van der Waals surface area contributed by atoms with Gasteiger partial charge in [-0.05, 0) is 24.3 Å². The Kier molecular flexibility index (Phi) is 4.07. The third kappa shape index (κ3) is 2.98. The van der Waals surface area contributed by atoms with Crippen molar-refractivity contribution in [2.24, 2.45) is 0 Å². The maximum absolute atomic E-state index is 12.0. The molecule has 0 aliphatic rings. The monoisotopic (exact) mass is 260 g/mol. The maximum atomic E-state index is 12.0. The molecule has 0 atom stereocenters. The summed E-state index contributed by atoms with van der Waals surface area (Å²) in [4.78, 5) is 12.0. The van der Waals surface area contributed by atoms with Gasteiger partial charge in [-0.25, -0.2) is 4.79 Å². The van der Waals surface area contributed by atoms with Gasteiger partial charge in [0.05, 0.1) is 11.4 Å². The van der Waals surface area contributed by atoms with E-state index in [1.807, 2.05) is 12.1 Å². The van der Waals surface area contributed by atoms with Gasteiger partial charge in [0, 0.05) is 11.1 Å². The van der Waals surface area contributed by atoms with Gasteiger partial charge in [0.1, 0.15) is 0 Å². The van der Waals surface area contributed by atoms with Crippen molar-refractivity contribution in [1.82, 2.24) is 0 Å². The molecule has 0 aliphatic heterocycles. The predicted octanol–water partition coefficient (Wildman–Crippen LogP) is 3.29. The van der Waals surface area contributed by atoms with E-state index in [0.717, 1.165) is 0 Å². The lowest BCUT2D eigenvalue weighted by Gasteiger charge is -2.10. The Morgan fingerprint density at radius 3 is 1.60 bits per heavy atom. The molecule has 0 heterocycles. The van der Waals surface area contributed by atoms with Crippen LogP contribution in [0.15, 0.2) is 48.5 Å². The van der Waals surface area contributed by atoms with Gasteiger partial charge in [-0.15, -0.1) is 12.8 Å². The van der Waals surface area contributed by atoms with Crippen LogP contribution < -0.4 is 10.6 Å². The average Bonchev–Trinajstić information content (AvgIpc) is 2.48. The van der Waals surface area contributed by atoms with Crippen LogP contribution in [0.2, 0.25) is 0 Å². The Morgan fingerprint density at radius 2 is 1.20 bits per heavy atom. The molecule has 2 amide bonds. The average molecular weight is 260 g/mol. The van der Waals surface area contributed by atoms with Crippen LogP contribution >= 0.6 is 0 Å². The number of hydrogen-bond acceptors (Lipinski definition) is 1. The van der Waals surface area contributed by atoms with E-state index in [4.69, 9.17) is 12.8 Å². The normalized spacial score (nSPS) is 9.10. The molecule has 2 N–H and O–H groups in total. The fourth-order valence-corrected chi connectivity index (χ4v) is 1.71. The van der Waals surface area contributed by atoms with Crippen LogP contribution in [0, 0.1) is 24.7 Å². The van der Waals surface area contributed by atoms with Crippen molar-refractivity contribution in [2.45, 2.75) is 0 Å². The molecule has 2 rings (SSSR count). The number of benzene rings is 2. The van der Waals surface area contributed by atoms with E-state index >= 15 is 0 Å². The zero-order valence-electron chi connectivity index (χ0n) is 10.7. The molecule has 0 radical (unpaired) electrons. The fraction of sp³-hybridized carbons (Fsp3) is 0. The standard InChI is InChI=1S/C17H12N2O/c1-3-13-9-5-7-11-15(13)18-17(20)19-16-12-8-6-10-14(16)4-2/h1-2,5-12H,(H2,18,19,20). The number of urea groups is 1. The number of amides is 2. The third-order valence-electron chi connectivity index (χ3n) is 2.66. The van der Waals surface area contributed by atoms with Gasteiger partial charge < -0.3 is 10.6 Å². The largest absolute Gasteiger partial charge is 0.323 e. The van der Waals surface area contributed by atoms with E-state index in [1.165, 1.54) is 0 Å². The molecule has 0 saturated heterocycles. The number of para-hydroxylation sites is 2. The number of nitrogens with one attached hydrogen (secondary N) is 2. The van der Waals surface area contributed by atoms with Gasteiger partial charge in [-0.1, -0.05) is 36.1 Å². The van der Waals surface area contributed by atoms with Crippen molar-refractivity contribution in [1.29, 1.82) is 0 Å². The number of rotatable bonds is 2. The molecule has 96 valence electrons. The van der Waals surface area contributed by atoms with Crippen molar-refractivity contribution < 1.29 is 4.79 Å². The first-order valence-electron chi connectivity index (χ1n) is 5.94. The molecule has 0 fully saturated rings. The molecular formula is C17H12N2O. The molecule has 0 unspecified atom stereocenters. The Morgan fingerprint density at radius 1 is 0.800 bits per heavy atom. The summed E-state index contributed by atoms with van der Waals surface area (Å²) in [5, 5.41) is 5.40. The molecule has 2 aromatic rings. The van der Waals surface area contributed by atoms with Crippen LogP contribution in [-0.4, -0.2) is 6.03 Å². The maximum Gasteiger partial charge on any atom is 0.323 e. The second-order valence-electron chi connectivity index (χ2n) is 3.96. The summed E-state index contributed by atoms with van der Waals surface area (Å²) in [5.41, 5.74) is 2.39. The van der Waals surface area contributed by atoms with Crippen molar-refractivity contribution in [3.8, 4) is 24.7 Å². The lowest BCUT2D eigenvalue weighted by atomic mass is 10.2. The molecule has 20 heavy (non-hydrogen) atoms. The topological polar surface area (TPSA) is 41.1 Å². The van der Waals surface area contributed by atoms with Gasteiger partial charge >= 0.3 is 6.03 Å².